The zero-order valence-electron chi connectivity index (χ0n) is 10.3. The molecule has 0 aliphatic heterocycles. The minimum absolute atomic E-state index is 0.195. The number of benzene rings is 1. The van der Waals surface area contributed by atoms with Gasteiger partial charge in [0.2, 0.25) is 11.8 Å². The van der Waals surface area contributed by atoms with Crippen molar-refractivity contribution in [2.75, 3.05) is 0 Å². The normalized spacial score (nSPS) is 13.7. The van der Waals surface area contributed by atoms with Crippen LogP contribution in [0.25, 0.3) is 0 Å². The first-order chi connectivity index (χ1) is 8.81. The second kappa shape index (κ2) is 6.75. The third-order valence-electron chi connectivity index (χ3n) is 2.56. The van der Waals surface area contributed by atoms with Gasteiger partial charge in [0, 0.05) is 0 Å². The number of carbonyl (C=O) groups excluding carboxylic acids is 2. The van der Waals surface area contributed by atoms with Gasteiger partial charge in [0.1, 0.15) is 0 Å². The molecule has 0 heterocycles. The third kappa shape index (κ3) is 4.70. The minimum atomic E-state index is -0.956. The van der Waals surface area contributed by atoms with E-state index in [0.717, 1.165) is 5.56 Å². The van der Waals surface area contributed by atoms with Crippen molar-refractivity contribution in [3.63, 3.8) is 0 Å². The molecule has 2 atom stereocenters. The van der Waals surface area contributed by atoms with Crippen LogP contribution in [0.5, 0.6) is 0 Å². The van der Waals surface area contributed by atoms with Gasteiger partial charge < -0.3 is 16.8 Å². The lowest BCUT2D eigenvalue weighted by molar-refractivity contribution is -0.126. The summed E-state index contributed by atoms with van der Waals surface area (Å²) in [5.74, 6) is -1.07. The van der Waals surface area contributed by atoms with Gasteiger partial charge in [0.25, 0.3) is 0 Å². The summed E-state index contributed by atoms with van der Waals surface area (Å²) in [5.41, 5.74) is 11.3. The van der Waals surface area contributed by atoms with Crippen molar-refractivity contribution in [1.29, 1.82) is 0 Å². The van der Waals surface area contributed by atoms with Crippen LogP contribution in [0, 0.1) is 0 Å². The highest BCUT2D eigenvalue weighted by Crippen LogP contribution is 2.25. The SMILES string of the molecule is CC(NC(=O)C(N)CC(N)=O)c1ccc(Cl)c(Cl)c1. The Morgan fingerprint density at radius 2 is 1.95 bits per heavy atom. The summed E-state index contributed by atoms with van der Waals surface area (Å²) >= 11 is 11.7. The van der Waals surface area contributed by atoms with Crippen LogP contribution < -0.4 is 16.8 Å². The molecule has 2 unspecified atom stereocenters. The molecular weight excluding hydrogens is 289 g/mol. The second-order valence-corrected chi connectivity index (χ2v) is 5.00. The molecule has 0 radical (unpaired) electrons. The fourth-order valence-electron chi connectivity index (χ4n) is 1.49. The Hall–Kier alpha value is -1.30. The Balaban J connectivity index is 2.68. The number of primary amides is 1. The molecule has 2 amide bonds. The maximum absolute atomic E-state index is 11.7. The van der Waals surface area contributed by atoms with E-state index in [1.165, 1.54) is 0 Å². The maximum atomic E-state index is 11.7. The van der Waals surface area contributed by atoms with Crippen LogP contribution in [0.4, 0.5) is 0 Å². The summed E-state index contributed by atoms with van der Waals surface area (Å²) in [6.45, 7) is 1.77. The standard InChI is InChI=1S/C12H15Cl2N3O2/c1-6(7-2-3-8(13)9(14)4-7)17-12(19)10(15)5-11(16)18/h2-4,6,10H,5,15H2,1H3,(H2,16,18)(H,17,19). The van der Waals surface area contributed by atoms with E-state index >= 15 is 0 Å². The van der Waals surface area contributed by atoms with Gasteiger partial charge in [-0.2, -0.15) is 0 Å². The van der Waals surface area contributed by atoms with Crippen LogP contribution in [0.15, 0.2) is 18.2 Å². The van der Waals surface area contributed by atoms with Crippen molar-refractivity contribution in [3.8, 4) is 0 Å². The number of rotatable bonds is 5. The molecule has 104 valence electrons. The van der Waals surface area contributed by atoms with Crippen molar-refractivity contribution in [3.05, 3.63) is 33.8 Å². The van der Waals surface area contributed by atoms with Gasteiger partial charge in [-0.05, 0) is 24.6 Å². The first-order valence-electron chi connectivity index (χ1n) is 5.60. The largest absolute Gasteiger partial charge is 0.370 e. The van der Waals surface area contributed by atoms with E-state index in [-0.39, 0.29) is 12.5 Å². The van der Waals surface area contributed by atoms with Crippen molar-refractivity contribution in [2.24, 2.45) is 11.5 Å². The third-order valence-corrected chi connectivity index (χ3v) is 3.30. The molecule has 1 aromatic carbocycles. The van der Waals surface area contributed by atoms with Gasteiger partial charge in [-0.25, -0.2) is 0 Å². The van der Waals surface area contributed by atoms with Crippen LogP contribution in [0.2, 0.25) is 10.0 Å². The van der Waals surface area contributed by atoms with Crippen LogP contribution in [-0.2, 0) is 9.59 Å². The number of amides is 2. The molecule has 0 aliphatic rings. The Morgan fingerprint density at radius 3 is 2.47 bits per heavy atom. The maximum Gasteiger partial charge on any atom is 0.237 e. The molecule has 0 spiro atoms. The molecule has 5 nitrogen and oxygen atoms in total. The molecule has 7 heteroatoms. The van der Waals surface area contributed by atoms with E-state index in [0.29, 0.717) is 10.0 Å². The van der Waals surface area contributed by atoms with Crippen LogP contribution in [0.1, 0.15) is 24.9 Å². The van der Waals surface area contributed by atoms with E-state index in [1.807, 2.05) is 0 Å². The monoisotopic (exact) mass is 303 g/mol. The number of halogens is 2. The Labute approximate surface area is 121 Å². The van der Waals surface area contributed by atoms with Gasteiger partial charge in [0.15, 0.2) is 0 Å². The summed E-state index contributed by atoms with van der Waals surface area (Å²) < 4.78 is 0. The Kier molecular flexibility index (Phi) is 5.60. The highest BCUT2D eigenvalue weighted by atomic mass is 35.5. The molecule has 19 heavy (non-hydrogen) atoms. The topological polar surface area (TPSA) is 98.2 Å². The van der Waals surface area contributed by atoms with Gasteiger partial charge in [0.05, 0.1) is 28.5 Å². The van der Waals surface area contributed by atoms with E-state index in [4.69, 9.17) is 34.7 Å². The summed E-state index contributed by atoms with van der Waals surface area (Å²) in [4.78, 5) is 22.4. The summed E-state index contributed by atoms with van der Waals surface area (Å²) in [6, 6.07) is 3.79. The lowest BCUT2D eigenvalue weighted by Crippen LogP contribution is -2.43. The van der Waals surface area contributed by atoms with Crippen LogP contribution in [-0.4, -0.2) is 17.9 Å². The molecule has 0 aromatic heterocycles. The fourth-order valence-corrected chi connectivity index (χ4v) is 1.80. The highest BCUT2D eigenvalue weighted by molar-refractivity contribution is 6.42. The molecule has 0 fully saturated rings. The Bertz CT molecular complexity index is 494. The number of nitrogens with two attached hydrogens (primary N) is 2. The average molecular weight is 304 g/mol. The van der Waals surface area contributed by atoms with Crippen LogP contribution in [0.3, 0.4) is 0 Å². The number of nitrogens with one attached hydrogen (secondary N) is 1. The average Bonchev–Trinajstić information content (AvgIpc) is 2.31. The molecule has 0 saturated carbocycles. The smallest absolute Gasteiger partial charge is 0.237 e. The van der Waals surface area contributed by atoms with Crippen molar-refractivity contribution in [1.82, 2.24) is 5.32 Å². The number of hydrogen-bond acceptors (Lipinski definition) is 3. The van der Waals surface area contributed by atoms with E-state index < -0.39 is 17.9 Å². The van der Waals surface area contributed by atoms with E-state index in [9.17, 15) is 9.59 Å². The van der Waals surface area contributed by atoms with Crippen LogP contribution >= 0.6 is 23.2 Å². The highest BCUT2D eigenvalue weighted by Gasteiger charge is 2.18. The summed E-state index contributed by atoms with van der Waals surface area (Å²) in [6.07, 6.45) is -0.195. The van der Waals surface area contributed by atoms with Gasteiger partial charge >= 0.3 is 0 Å². The zero-order chi connectivity index (χ0) is 14.6. The molecule has 0 aliphatic carbocycles. The molecular formula is C12H15Cl2N3O2. The summed E-state index contributed by atoms with van der Waals surface area (Å²) in [7, 11) is 0. The predicted molar refractivity (Wildman–Crippen MR) is 74.8 cm³/mol. The van der Waals surface area contributed by atoms with E-state index in [1.54, 1.807) is 25.1 Å². The molecule has 0 saturated heterocycles. The molecule has 0 bridgehead atoms. The molecule has 5 N–H and O–H groups in total. The van der Waals surface area contributed by atoms with Crippen molar-refractivity contribution in [2.45, 2.75) is 25.4 Å². The minimum Gasteiger partial charge on any atom is -0.370 e. The van der Waals surface area contributed by atoms with E-state index in [2.05, 4.69) is 5.32 Å². The first-order valence-corrected chi connectivity index (χ1v) is 6.36. The summed E-state index contributed by atoms with van der Waals surface area (Å²) in [5, 5.41) is 3.52. The zero-order valence-corrected chi connectivity index (χ0v) is 11.8. The second-order valence-electron chi connectivity index (χ2n) is 4.18. The van der Waals surface area contributed by atoms with Crippen molar-refractivity contribution >= 4 is 35.0 Å². The van der Waals surface area contributed by atoms with Gasteiger partial charge in [-0.15, -0.1) is 0 Å². The quantitative estimate of drug-likeness (QED) is 0.766. The van der Waals surface area contributed by atoms with Gasteiger partial charge in [-0.1, -0.05) is 29.3 Å². The fraction of sp³-hybridized carbons (Fsp3) is 0.333. The van der Waals surface area contributed by atoms with Crippen molar-refractivity contribution < 1.29 is 9.59 Å². The Morgan fingerprint density at radius 1 is 1.32 bits per heavy atom. The predicted octanol–water partition coefficient (Wildman–Crippen LogP) is 1.37. The lowest BCUT2D eigenvalue weighted by Gasteiger charge is -2.17. The lowest BCUT2D eigenvalue weighted by atomic mass is 10.1. The number of carbonyl (C=O) groups is 2. The van der Waals surface area contributed by atoms with Gasteiger partial charge in [-0.3, -0.25) is 9.59 Å². The first kappa shape index (κ1) is 15.8. The number of hydrogen-bond donors (Lipinski definition) is 3. The molecule has 1 rings (SSSR count). The molecule has 1 aromatic rings.